The van der Waals surface area contributed by atoms with Gasteiger partial charge >= 0.3 is 0 Å². The summed E-state index contributed by atoms with van der Waals surface area (Å²) in [4.78, 5) is 19.0. The third kappa shape index (κ3) is 6.57. The van der Waals surface area contributed by atoms with Crippen molar-refractivity contribution in [2.24, 2.45) is 0 Å². The number of hydrogen-bond donors (Lipinski definition) is 1. The summed E-state index contributed by atoms with van der Waals surface area (Å²) in [5.41, 5.74) is 1.20. The molecule has 4 rings (SSSR count). The van der Waals surface area contributed by atoms with Gasteiger partial charge in [0.25, 0.3) is 0 Å². The zero-order chi connectivity index (χ0) is 23.0. The van der Waals surface area contributed by atoms with E-state index in [0.717, 1.165) is 44.5 Å². The average molecular weight is 473 g/mol. The number of carbonyl (C=O) groups excluding carboxylic acids is 1. The lowest BCUT2D eigenvalue weighted by Gasteiger charge is -2.37. The molecule has 33 heavy (non-hydrogen) atoms. The van der Waals surface area contributed by atoms with Gasteiger partial charge in [0.15, 0.2) is 0 Å². The van der Waals surface area contributed by atoms with Gasteiger partial charge in [-0.25, -0.2) is 0 Å². The maximum absolute atomic E-state index is 13.6. The maximum Gasteiger partial charge on any atom is 0.237 e. The second kappa shape index (κ2) is 12.0. The molecule has 1 fully saturated rings. The summed E-state index contributed by atoms with van der Waals surface area (Å²) in [6, 6.07) is 11.8. The van der Waals surface area contributed by atoms with Gasteiger partial charge in [-0.2, -0.15) is 0 Å². The van der Waals surface area contributed by atoms with Crippen molar-refractivity contribution in [3.63, 3.8) is 0 Å². The number of rotatable bonds is 11. The summed E-state index contributed by atoms with van der Waals surface area (Å²) in [6.45, 7) is 5.47. The number of carbonyl (C=O) groups is 1. The van der Waals surface area contributed by atoms with Gasteiger partial charge in [0, 0.05) is 31.1 Å². The number of benzene rings is 1. The van der Waals surface area contributed by atoms with Crippen LogP contribution in [0.15, 0.2) is 41.8 Å². The van der Waals surface area contributed by atoms with Gasteiger partial charge in [0.1, 0.15) is 12.4 Å². The molecule has 1 N–H and O–H groups in total. The highest BCUT2D eigenvalue weighted by Gasteiger charge is 2.33. The normalized spacial score (nSPS) is 21.2. The topological polar surface area (TPSA) is 62.2 Å². The van der Waals surface area contributed by atoms with Crippen molar-refractivity contribution in [1.82, 2.24) is 9.80 Å². The van der Waals surface area contributed by atoms with Crippen LogP contribution in [0.3, 0.4) is 0 Å². The van der Waals surface area contributed by atoms with Crippen molar-refractivity contribution < 1.29 is 19.4 Å². The zero-order valence-corrected chi connectivity index (χ0v) is 20.3. The molecule has 6 nitrogen and oxygen atoms in total. The number of ether oxygens (including phenoxy) is 2. The van der Waals surface area contributed by atoms with Gasteiger partial charge in [-0.05, 0) is 54.8 Å². The lowest BCUT2D eigenvalue weighted by Crippen LogP contribution is -2.49. The minimum atomic E-state index is -0.425. The monoisotopic (exact) mass is 472 g/mol. The fraction of sp³-hybridized carbons (Fsp3) is 0.577. The van der Waals surface area contributed by atoms with Crippen LogP contribution in [0.4, 0.5) is 0 Å². The lowest BCUT2D eigenvalue weighted by molar-refractivity contribution is -0.136. The van der Waals surface area contributed by atoms with Gasteiger partial charge in [-0.15, -0.1) is 11.3 Å². The Bertz CT molecular complexity index is 868. The summed E-state index contributed by atoms with van der Waals surface area (Å²) >= 11 is 1.76. The van der Waals surface area contributed by atoms with Crippen molar-refractivity contribution in [1.29, 1.82) is 0 Å². The van der Waals surface area contributed by atoms with Crippen molar-refractivity contribution in [3.05, 3.63) is 52.2 Å². The van der Waals surface area contributed by atoms with E-state index in [-0.39, 0.29) is 18.1 Å². The Labute approximate surface area is 201 Å². The predicted octanol–water partition coefficient (Wildman–Crippen LogP) is 3.89. The molecule has 180 valence electrons. The highest BCUT2D eigenvalue weighted by molar-refractivity contribution is 7.10. The SMILES string of the molecule is CCCC(O)CN(CC(=O)N1CCc2sccc2C1COc1ccccc1)CC1CCCO1. The van der Waals surface area contributed by atoms with Gasteiger partial charge < -0.3 is 19.5 Å². The molecular formula is C26H36N2O4S. The van der Waals surface area contributed by atoms with Gasteiger partial charge in [0.05, 0.1) is 24.8 Å². The summed E-state index contributed by atoms with van der Waals surface area (Å²) in [6.07, 6.45) is 4.35. The molecule has 2 aliphatic rings. The predicted molar refractivity (Wildman–Crippen MR) is 131 cm³/mol. The number of nitrogens with zero attached hydrogens (tertiary/aromatic N) is 2. The Morgan fingerprint density at radius 1 is 1.33 bits per heavy atom. The molecule has 0 saturated carbocycles. The number of thiophene rings is 1. The van der Waals surface area contributed by atoms with E-state index < -0.39 is 6.10 Å². The summed E-state index contributed by atoms with van der Waals surface area (Å²) < 4.78 is 11.9. The van der Waals surface area contributed by atoms with E-state index in [1.54, 1.807) is 11.3 Å². The third-order valence-electron chi connectivity index (χ3n) is 6.50. The van der Waals surface area contributed by atoms with E-state index in [0.29, 0.717) is 32.8 Å². The molecule has 3 unspecified atom stereocenters. The molecule has 3 heterocycles. The van der Waals surface area contributed by atoms with Gasteiger partial charge in [0.2, 0.25) is 5.91 Å². The second-order valence-electron chi connectivity index (χ2n) is 9.05. The molecule has 0 aliphatic carbocycles. The molecule has 0 bridgehead atoms. The molecule has 1 aromatic carbocycles. The number of aliphatic hydroxyl groups excluding tert-OH is 1. The number of hydrogen-bond acceptors (Lipinski definition) is 6. The first-order chi connectivity index (χ1) is 16.1. The first-order valence-electron chi connectivity index (χ1n) is 12.2. The second-order valence-corrected chi connectivity index (χ2v) is 10.0. The van der Waals surface area contributed by atoms with Crippen LogP contribution in [0.2, 0.25) is 0 Å². The highest BCUT2D eigenvalue weighted by Crippen LogP contribution is 2.34. The van der Waals surface area contributed by atoms with E-state index >= 15 is 0 Å². The standard InChI is InChI=1S/C26H36N2O4S/c1-2-7-20(29)16-27(17-22-10-6-14-31-22)18-26(30)28-13-11-25-23(12-15-33-25)24(28)19-32-21-8-4-3-5-9-21/h3-5,8-9,12,15,20,22,24,29H,2,6-7,10-11,13-14,16-19H2,1H3. The minimum Gasteiger partial charge on any atom is -0.491 e. The lowest BCUT2D eigenvalue weighted by atomic mass is 10.00. The van der Waals surface area contributed by atoms with Crippen LogP contribution < -0.4 is 4.74 Å². The number of aliphatic hydroxyl groups is 1. The Hall–Kier alpha value is -1.93. The molecule has 3 atom stereocenters. The van der Waals surface area contributed by atoms with Crippen LogP contribution in [-0.2, 0) is 16.0 Å². The highest BCUT2D eigenvalue weighted by atomic mass is 32.1. The van der Waals surface area contributed by atoms with Crippen molar-refractivity contribution in [2.75, 3.05) is 39.4 Å². The van der Waals surface area contributed by atoms with Crippen LogP contribution in [0, 0.1) is 0 Å². The third-order valence-corrected chi connectivity index (χ3v) is 7.50. The Kier molecular flexibility index (Phi) is 8.78. The van der Waals surface area contributed by atoms with E-state index in [1.807, 2.05) is 35.2 Å². The Morgan fingerprint density at radius 2 is 2.18 bits per heavy atom. The largest absolute Gasteiger partial charge is 0.491 e. The molecule has 1 aromatic heterocycles. The van der Waals surface area contributed by atoms with Crippen molar-refractivity contribution >= 4 is 17.2 Å². The van der Waals surface area contributed by atoms with Crippen LogP contribution >= 0.6 is 11.3 Å². The molecule has 7 heteroatoms. The Morgan fingerprint density at radius 3 is 2.94 bits per heavy atom. The molecule has 2 aromatic rings. The summed E-state index contributed by atoms with van der Waals surface area (Å²) in [5.74, 6) is 0.908. The van der Waals surface area contributed by atoms with E-state index in [2.05, 4.69) is 23.3 Å². The van der Waals surface area contributed by atoms with Crippen molar-refractivity contribution in [3.8, 4) is 5.75 Å². The number of amides is 1. The zero-order valence-electron chi connectivity index (χ0n) is 19.5. The van der Waals surface area contributed by atoms with Crippen LogP contribution in [0.5, 0.6) is 5.75 Å². The first-order valence-corrected chi connectivity index (χ1v) is 13.1. The molecule has 1 amide bonds. The average Bonchev–Trinajstić information content (AvgIpc) is 3.50. The van der Waals surface area contributed by atoms with Gasteiger partial charge in [-0.1, -0.05) is 31.5 Å². The molecular weight excluding hydrogens is 436 g/mol. The van der Waals surface area contributed by atoms with Crippen LogP contribution in [0.25, 0.3) is 0 Å². The molecule has 1 saturated heterocycles. The van der Waals surface area contributed by atoms with Crippen LogP contribution in [0.1, 0.15) is 49.1 Å². The van der Waals surface area contributed by atoms with Crippen LogP contribution in [-0.4, -0.2) is 72.4 Å². The first kappa shape index (κ1) is 24.2. The number of fused-ring (bicyclic) bond motifs is 1. The summed E-state index contributed by atoms with van der Waals surface area (Å²) in [5, 5.41) is 12.6. The Balaban J connectivity index is 1.45. The van der Waals surface area contributed by atoms with E-state index in [4.69, 9.17) is 9.47 Å². The fourth-order valence-corrected chi connectivity index (χ4v) is 5.78. The van der Waals surface area contributed by atoms with E-state index in [1.165, 1.54) is 10.4 Å². The minimum absolute atomic E-state index is 0.0928. The molecule has 0 radical (unpaired) electrons. The van der Waals surface area contributed by atoms with E-state index in [9.17, 15) is 9.90 Å². The summed E-state index contributed by atoms with van der Waals surface area (Å²) in [7, 11) is 0. The van der Waals surface area contributed by atoms with Crippen molar-refractivity contribution in [2.45, 2.75) is 57.3 Å². The maximum atomic E-state index is 13.6. The fourth-order valence-electron chi connectivity index (χ4n) is 4.85. The number of para-hydroxylation sites is 1. The quantitative estimate of drug-likeness (QED) is 0.538. The van der Waals surface area contributed by atoms with Gasteiger partial charge in [-0.3, -0.25) is 9.69 Å². The molecule has 2 aliphatic heterocycles. The smallest absolute Gasteiger partial charge is 0.237 e. The molecule has 0 spiro atoms.